The fourth-order valence-electron chi connectivity index (χ4n) is 3.09. The van der Waals surface area contributed by atoms with Crippen LogP contribution in [0.3, 0.4) is 0 Å². The van der Waals surface area contributed by atoms with E-state index in [2.05, 4.69) is 20.6 Å². The third-order valence-electron chi connectivity index (χ3n) is 5.04. The van der Waals surface area contributed by atoms with E-state index in [4.69, 9.17) is 4.42 Å². The Hall–Kier alpha value is -2.51. The highest BCUT2D eigenvalue weighted by Crippen LogP contribution is 2.48. The third kappa shape index (κ3) is 4.66. The molecule has 2 N–H and O–H groups in total. The molecule has 0 bridgehead atoms. The van der Waals surface area contributed by atoms with Crippen LogP contribution in [0.2, 0.25) is 0 Å². The second kappa shape index (κ2) is 7.85. The van der Waals surface area contributed by atoms with E-state index in [1.165, 1.54) is 12.1 Å². The lowest BCUT2D eigenvalue weighted by Gasteiger charge is -2.20. The van der Waals surface area contributed by atoms with Gasteiger partial charge in [-0.05, 0) is 45.2 Å². The van der Waals surface area contributed by atoms with Gasteiger partial charge in [0.15, 0.2) is 5.96 Å². The molecule has 1 saturated carbocycles. The molecule has 0 amide bonds. The summed E-state index contributed by atoms with van der Waals surface area (Å²) in [7, 11) is 0. The van der Waals surface area contributed by atoms with Crippen LogP contribution in [-0.2, 0) is 18.1 Å². The van der Waals surface area contributed by atoms with E-state index in [1.54, 1.807) is 6.07 Å². The number of hydrogen-bond donors (Lipinski definition) is 2. The fraction of sp³-hybridized carbons (Fsp3) is 0.500. The Kier molecular flexibility index (Phi) is 5.67. The summed E-state index contributed by atoms with van der Waals surface area (Å²) in [5.41, 5.74) is 0.661. The predicted octanol–water partition coefficient (Wildman–Crippen LogP) is 4.10. The number of benzene rings is 1. The Bertz CT molecular complexity index is 834. The van der Waals surface area contributed by atoms with Gasteiger partial charge in [0, 0.05) is 18.5 Å². The lowest BCUT2D eigenvalue weighted by Crippen LogP contribution is -2.41. The Balaban J connectivity index is 1.68. The van der Waals surface area contributed by atoms with Gasteiger partial charge in [-0.25, -0.2) is 9.98 Å². The second-order valence-corrected chi connectivity index (χ2v) is 7.16. The standard InChI is InChI=1S/C20H25F3N4O/c1-4-24-18(25-11-17-27-13(2)14(3)28-17)26-12-19(8-9-19)15-6-5-7-16(10-15)20(21,22)23/h5-7,10H,4,8-9,11-12H2,1-3H3,(H2,24,25,26). The van der Waals surface area contributed by atoms with E-state index >= 15 is 0 Å². The lowest BCUT2D eigenvalue weighted by molar-refractivity contribution is -0.137. The van der Waals surface area contributed by atoms with Crippen LogP contribution < -0.4 is 10.6 Å². The van der Waals surface area contributed by atoms with Gasteiger partial charge < -0.3 is 15.1 Å². The zero-order valence-electron chi connectivity index (χ0n) is 16.3. The number of rotatable bonds is 6. The number of hydrogen-bond acceptors (Lipinski definition) is 3. The Morgan fingerprint density at radius 2 is 2.00 bits per heavy atom. The van der Waals surface area contributed by atoms with Gasteiger partial charge in [-0.1, -0.05) is 18.2 Å². The van der Waals surface area contributed by atoms with E-state index in [0.29, 0.717) is 37.0 Å². The SMILES string of the molecule is CCNC(=NCc1nc(C)c(C)o1)NCC1(c2cccc(C(F)(F)F)c2)CC1. The maximum atomic E-state index is 13.0. The molecule has 2 aromatic rings. The second-order valence-electron chi connectivity index (χ2n) is 7.16. The first-order valence-corrected chi connectivity index (χ1v) is 9.36. The number of oxazole rings is 1. The number of nitrogens with zero attached hydrogens (tertiary/aromatic N) is 2. The normalized spacial score (nSPS) is 16.1. The average Bonchev–Trinajstić information content (AvgIpc) is 3.37. The highest BCUT2D eigenvalue weighted by atomic mass is 19.4. The van der Waals surface area contributed by atoms with Crippen molar-refractivity contribution in [2.75, 3.05) is 13.1 Å². The van der Waals surface area contributed by atoms with Crippen LogP contribution in [0.5, 0.6) is 0 Å². The molecule has 152 valence electrons. The summed E-state index contributed by atoms with van der Waals surface area (Å²) in [6.07, 6.45) is -2.64. The van der Waals surface area contributed by atoms with Crippen LogP contribution in [0.15, 0.2) is 33.7 Å². The van der Waals surface area contributed by atoms with Gasteiger partial charge in [0.2, 0.25) is 5.89 Å². The van der Waals surface area contributed by atoms with Gasteiger partial charge in [-0.15, -0.1) is 0 Å². The van der Waals surface area contributed by atoms with E-state index in [1.807, 2.05) is 20.8 Å². The quantitative estimate of drug-likeness (QED) is 0.572. The molecule has 1 aliphatic carbocycles. The monoisotopic (exact) mass is 394 g/mol. The smallest absolute Gasteiger partial charge is 0.416 e. The summed E-state index contributed by atoms with van der Waals surface area (Å²) in [4.78, 5) is 8.79. The molecule has 8 heteroatoms. The van der Waals surface area contributed by atoms with Gasteiger partial charge in [0.05, 0.1) is 11.3 Å². The minimum absolute atomic E-state index is 0.284. The van der Waals surface area contributed by atoms with Crippen molar-refractivity contribution < 1.29 is 17.6 Å². The Morgan fingerprint density at radius 1 is 1.25 bits per heavy atom. The van der Waals surface area contributed by atoms with E-state index in [-0.39, 0.29) is 5.41 Å². The van der Waals surface area contributed by atoms with Gasteiger partial charge in [-0.2, -0.15) is 13.2 Å². The molecular weight excluding hydrogens is 369 g/mol. The van der Waals surface area contributed by atoms with E-state index in [0.717, 1.165) is 30.4 Å². The molecular formula is C20H25F3N4O. The minimum Gasteiger partial charge on any atom is -0.444 e. The molecule has 0 aliphatic heterocycles. The number of aromatic nitrogens is 1. The van der Waals surface area contributed by atoms with Crippen molar-refractivity contribution in [3.63, 3.8) is 0 Å². The molecule has 5 nitrogen and oxygen atoms in total. The van der Waals surface area contributed by atoms with Gasteiger partial charge in [-0.3, -0.25) is 0 Å². The molecule has 1 heterocycles. The summed E-state index contributed by atoms with van der Waals surface area (Å²) in [5.74, 6) is 1.89. The molecule has 1 aliphatic rings. The van der Waals surface area contributed by atoms with Crippen molar-refractivity contribution in [1.29, 1.82) is 0 Å². The molecule has 28 heavy (non-hydrogen) atoms. The summed E-state index contributed by atoms with van der Waals surface area (Å²) in [6, 6.07) is 5.62. The summed E-state index contributed by atoms with van der Waals surface area (Å²) in [5, 5.41) is 6.41. The van der Waals surface area contributed by atoms with E-state index in [9.17, 15) is 13.2 Å². The zero-order valence-corrected chi connectivity index (χ0v) is 16.3. The maximum Gasteiger partial charge on any atom is 0.416 e. The van der Waals surface area contributed by atoms with Gasteiger partial charge in [0.25, 0.3) is 0 Å². The number of halogens is 3. The Labute approximate surface area is 162 Å². The van der Waals surface area contributed by atoms with E-state index < -0.39 is 11.7 Å². The van der Waals surface area contributed by atoms with Crippen LogP contribution in [0.1, 0.15) is 48.2 Å². The van der Waals surface area contributed by atoms with Crippen LogP contribution in [0.4, 0.5) is 13.2 Å². The summed E-state index contributed by atoms with van der Waals surface area (Å²) < 4.78 is 44.6. The highest BCUT2D eigenvalue weighted by Gasteiger charge is 2.45. The molecule has 0 atom stereocenters. The molecule has 0 unspecified atom stereocenters. The van der Waals surface area contributed by atoms with Crippen molar-refractivity contribution in [2.24, 2.45) is 4.99 Å². The van der Waals surface area contributed by atoms with Crippen molar-refractivity contribution in [3.05, 3.63) is 52.7 Å². The topological polar surface area (TPSA) is 62.5 Å². The predicted molar refractivity (Wildman–Crippen MR) is 101 cm³/mol. The number of alkyl halides is 3. The number of aryl methyl sites for hydroxylation is 2. The van der Waals surface area contributed by atoms with Crippen molar-refractivity contribution >= 4 is 5.96 Å². The number of nitrogens with one attached hydrogen (secondary N) is 2. The average molecular weight is 394 g/mol. The highest BCUT2D eigenvalue weighted by molar-refractivity contribution is 5.79. The first-order valence-electron chi connectivity index (χ1n) is 9.36. The summed E-state index contributed by atoms with van der Waals surface area (Å²) in [6.45, 7) is 7.17. The fourth-order valence-corrected chi connectivity index (χ4v) is 3.09. The van der Waals surface area contributed by atoms with Crippen LogP contribution in [-0.4, -0.2) is 24.0 Å². The maximum absolute atomic E-state index is 13.0. The molecule has 1 aromatic heterocycles. The van der Waals surface area contributed by atoms with Crippen molar-refractivity contribution in [3.8, 4) is 0 Å². The molecule has 0 radical (unpaired) electrons. The molecule has 1 fully saturated rings. The van der Waals surface area contributed by atoms with Gasteiger partial charge >= 0.3 is 6.18 Å². The molecule has 3 rings (SSSR count). The van der Waals surface area contributed by atoms with Crippen molar-refractivity contribution in [1.82, 2.24) is 15.6 Å². The lowest BCUT2D eigenvalue weighted by atomic mass is 9.94. The van der Waals surface area contributed by atoms with Crippen molar-refractivity contribution in [2.45, 2.75) is 51.7 Å². The minimum atomic E-state index is -4.33. The first-order chi connectivity index (χ1) is 13.2. The molecule has 0 spiro atoms. The third-order valence-corrected chi connectivity index (χ3v) is 5.04. The van der Waals surface area contributed by atoms with Gasteiger partial charge in [0.1, 0.15) is 12.3 Å². The number of aliphatic imine (C=N–C) groups is 1. The van der Waals surface area contributed by atoms with Crippen LogP contribution in [0, 0.1) is 13.8 Å². The largest absolute Gasteiger partial charge is 0.444 e. The molecule has 0 saturated heterocycles. The van der Waals surface area contributed by atoms with Crippen LogP contribution in [0.25, 0.3) is 0 Å². The Morgan fingerprint density at radius 3 is 2.57 bits per heavy atom. The molecule has 1 aromatic carbocycles. The number of guanidine groups is 1. The van der Waals surface area contributed by atoms with Crippen LogP contribution >= 0.6 is 0 Å². The zero-order chi connectivity index (χ0) is 20.4. The first kappa shape index (κ1) is 20.2. The summed E-state index contributed by atoms with van der Waals surface area (Å²) >= 11 is 0.